The van der Waals surface area contributed by atoms with Crippen LogP contribution in [0.3, 0.4) is 0 Å². The lowest BCUT2D eigenvalue weighted by Crippen LogP contribution is -2.54. The Hall–Kier alpha value is -3.66. The molecule has 2 unspecified atom stereocenters. The first-order chi connectivity index (χ1) is 17.8. The second kappa shape index (κ2) is 9.02. The number of halogens is 3. The van der Waals surface area contributed by atoms with Gasteiger partial charge in [-0.25, -0.2) is 15.0 Å². The van der Waals surface area contributed by atoms with Crippen LogP contribution in [-0.4, -0.2) is 61.6 Å². The van der Waals surface area contributed by atoms with Crippen molar-refractivity contribution in [2.24, 2.45) is 0 Å². The number of benzene rings is 1. The number of imidazole rings is 1. The van der Waals surface area contributed by atoms with Gasteiger partial charge in [0.1, 0.15) is 17.5 Å². The SMILES string of the molecule is CC(Nc1cc(-c2cc3nccn3c(N3C[C@@H]4C[C@H]3CN4C(C)C(F)(F)F)n2)ccn1)c1ccccc1. The average Bonchev–Trinajstić information content (AvgIpc) is 3.63. The second-order valence-electron chi connectivity index (χ2n) is 9.91. The van der Waals surface area contributed by atoms with Gasteiger partial charge in [0.15, 0.2) is 0 Å². The van der Waals surface area contributed by atoms with Gasteiger partial charge in [-0.2, -0.15) is 13.2 Å². The molecule has 0 spiro atoms. The number of rotatable bonds is 6. The zero-order chi connectivity index (χ0) is 25.7. The van der Waals surface area contributed by atoms with Crippen LogP contribution in [0.15, 0.2) is 67.1 Å². The van der Waals surface area contributed by atoms with Gasteiger partial charge in [-0.05, 0) is 38.0 Å². The third-order valence-corrected chi connectivity index (χ3v) is 7.60. The van der Waals surface area contributed by atoms with E-state index >= 15 is 0 Å². The Labute approximate surface area is 213 Å². The summed E-state index contributed by atoms with van der Waals surface area (Å²) in [5, 5.41) is 3.45. The second-order valence-corrected chi connectivity index (χ2v) is 9.91. The molecule has 6 rings (SSSR count). The van der Waals surface area contributed by atoms with Crippen LogP contribution in [0.4, 0.5) is 24.9 Å². The van der Waals surface area contributed by atoms with E-state index in [4.69, 9.17) is 4.98 Å². The van der Waals surface area contributed by atoms with Crippen LogP contribution in [0.25, 0.3) is 16.9 Å². The van der Waals surface area contributed by atoms with Crippen LogP contribution in [0.5, 0.6) is 0 Å². The highest BCUT2D eigenvalue weighted by atomic mass is 19.4. The van der Waals surface area contributed by atoms with Crippen molar-refractivity contribution in [3.8, 4) is 11.3 Å². The van der Waals surface area contributed by atoms with Crippen molar-refractivity contribution in [1.29, 1.82) is 0 Å². The minimum Gasteiger partial charge on any atom is -0.364 e. The van der Waals surface area contributed by atoms with E-state index in [0.717, 1.165) is 28.3 Å². The minimum absolute atomic E-state index is 0.0236. The van der Waals surface area contributed by atoms with Crippen LogP contribution >= 0.6 is 0 Å². The largest absolute Gasteiger partial charge is 0.403 e. The fraction of sp³-hybridized carbons (Fsp3) is 0.370. The molecule has 7 nitrogen and oxygen atoms in total. The molecule has 2 aliphatic rings. The van der Waals surface area contributed by atoms with Crippen molar-refractivity contribution in [2.75, 3.05) is 23.3 Å². The number of hydrogen-bond donors (Lipinski definition) is 1. The number of hydrogen-bond acceptors (Lipinski definition) is 6. The molecule has 0 saturated carbocycles. The van der Waals surface area contributed by atoms with Gasteiger partial charge in [0.05, 0.1) is 5.69 Å². The molecule has 2 aliphatic heterocycles. The van der Waals surface area contributed by atoms with Crippen molar-refractivity contribution in [3.05, 3.63) is 72.7 Å². The van der Waals surface area contributed by atoms with Crippen LogP contribution < -0.4 is 10.2 Å². The van der Waals surface area contributed by atoms with Crippen molar-refractivity contribution < 1.29 is 13.2 Å². The summed E-state index contributed by atoms with van der Waals surface area (Å²) in [6, 6.07) is 14.4. The maximum atomic E-state index is 13.4. The standard InChI is InChI=1S/C27H28F3N7/c1-17(19-6-4-3-5-7-19)33-24-12-20(8-9-31-24)23-14-25-32-10-11-35(25)26(34-23)37-16-21-13-22(37)15-36(21)18(2)27(28,29)30/h3-12,14,17-18,21-22H,13,15-16H2,1-2H3,(H,31,33)/t17?,18?,21-,22-/m0/s1. The number of piperazine rings is 1. The summed E-state index contributed by atoms with van der Waals surface area (Å²) in [5.74, 6) is 1.44. The molecule has 2 saturated heterocycles. The third-order valence-electron chi connectivity index (χ3n) is 7.60. The number of pyridine rings is 1. The molecule has 1 N–H and O–H groups in total. The minimum atomic E-state index is -4.23. The summed E-state index contributed by atoms with van der Waals surface area (Å²) >= 11 is 0. The van der Waals surface area contributed by atoms with Crippen molar-refractivity contribution in [1.82, 2.24) is 24.3 Å². The average molecular weight is 508 g/mol. The van der Waals surface area contributed by atoms with E-state index in [-0.39, 0.29) is 18.1 Å². The topological polar surface area (TPSA) is 61.6 Å². The lowest BCUT2D eigenvalue weighted by atomic mass is 10.1. The smallest absolute Gasteiger partial charge is 0.364 e. The zero-order valence-corrected chi connectivity index (χ0v) is 20.6. The summed E-state index contributed by atoms with van der Waals surface area (Å²) < 4.78 is 42.0. The van der Waals surface area contributed by atoms with E-state index in [1.54, 1.807) is 17.3 Å². The van der Waals surface area contributed by atoms with E-state index in [2.05, 4.69) is 39.2 Å². The predicted octanol–water partition coefficient (Wildman–Crippen LogP) is 5.18. The van der Waals surface area contributed by atoms with Crippen molar-refractivity contribution in [3.63, 3.8) is 0 Å². The van der Waals surface area contributed by atoms with E-state index in [1.165, 1.54) is 6.92 Å². The molecular weight excluding hydrogens is 479 g/mol. The Bertz CT molecular complexity index is 1400. The Kier molecular flexibility index (Phi) is 5.78. The number of nitrogens with one attached hydrogen (secondary N) is 1. The first-order valence-electron chi connectivity index (χ1n) is 12.5. The zero-order valence-electron chi connectivity index (χ0n) is 20.6. The lowest BCUT2D eigenvalue weighted by Gasteiger charge is -2.38. The quantitative estimate of drug-likeness (QED) is 0.388. The molecule has 5 heterocycles. The van der Waals surface area contributed by atoms with Gasteiger partial charge in [-0.3, -0.25) is 9.30 Å². The highest BCUT2D eigenvalue weighted by molar-refractivity contribution is 5.68. The molecule has 37 heavy (non-hydrogen) atoms. The third kappa shape index (κ3) is 4.39. The first kappa shape index (κ1) is 23.7. The molecular formula is C27H28F3N7. The fourth-order valence-electron chi connectivity index (χ4n) is 5.58. The monoisotopic (exact) mass is 507 g/mol. The molecule has 4 aromatic rings. The molecule has 192 valence electrons. The maximum Gasteiger partial charge on any atom is 0.403 e. The molecule has 4 atom stereocenters. The van der Waals surface area contributed by atoms with Gasteiger partial charge < -0.3 is 10.2 Å². The van der Waals surface area contributed by atoms with Gasteiger partial charge in [0.2, 0.25) is 5.95 Å². The number of fused-ring (bicyclic) bond motifs is 3. The van der Waals surface area contributed by atoms with Gasteiger partial charge in [-0.1, -0.05) is 30.3 Å². The van der Waals surface area contributed by atoms with Crippen LogP contribution in [-0.2, 0) is 0 Å². The Morgan fingerprint density at radius 1 is 0.973 bits per heavy atom. The fourth-order valence-corrected chi connectivity index (χ4v) is 5.58. The molecule has 0 aliphatic carbocycles. The van der Waals surface area contributed by atoms with E-state index in [0.29, 0.717) is 25.5 Å². The van der Waals surface area contributed by atoms with E-state index < -0.39 is 12.2 Å². The molecule has 2 bridgehead atoms. The molecule has 10 heteroatoms. The number of nitrogens with zero attached hydrogens (tertiary/aromatic N) is 6. The lowest BCUT2D eigenvalue weighted by molar-refractivity contribution is -0.181. The van der Waals surface area contributed by atoms with E-state index in [1.807, 2.05) is 47.0 Å². The molecule has 0 radical (unpaired) electrons. The van der Waals surface area contributed by atoms with Crippen molar-refractivity contribution in [2.45, 2.75) is 50.6 Å². The summed E-state index contributed by atoms with van der Waals surface area (Å²) in [6.07, 6.45) is 1.79. The number of likely N-dealkylation sites (tertiary alicyclic amines) is 1. The van der Waals surface area contributed by atoms with Gasteiger partial charge in [0, 0.05) is 61.4 Å². The Morgan fingerprint density at radius 3 is 2.51 bits per heavy atom. The summed E-state index contributed by atoms with van der Waals surface area (Å²) in [7, 11) is 0. The maximum absolute atomic E-state index is 13.4. The summed E-state index contributed by atoms with van der Waals surface area (Å²) in [4.78, 5) is 17.7. The van der Waals surface area contributed by atoms with Gasteiger partial charge in [0.25, 0.3) is 0 Å². The van der Waals surface area contributed by atoms with Gasteiger partial charge in [-0.15, -0.1) is 0 Å². The normalized spacial score (nSPS) is 21.5. The van der Waals surface area contributed by atoms with E-state index in [9.17, 15) is 13.2 Å². The molecule has 2 fully saturated rings. The molecule has 0 amide bonds. The van der Waals surface area contributed by atoms with Crippen molar-refractivity contribution >= 4 is 17.4 Å². The Balaban J connectivity index is 1.28. The molecule has 1 aromatic carbocycles. The van der Waals surface area contributed by atoms with Crippen LogP contribution in [0.1, 0.15) is 31.9 Å². The summed E-state index contributed by atoms with van der Waals surface area (Å²) in [6.45, 7) is 4.22. The number of alkyl halides is 3. The highest BCUT2D eigenvalue weighted by Crippen LogP contribution is 2.39. The number of aromatic nitrogens is 4. The summed E-state index contributed by atoms with van der Waals surface area (Å²) in [5.41, 5.74) is 3.54. The predicted molar refractivity (Wildman–Crippen MR) is 136 cm³/mol. The molecule has 3 aromatic heterocycles. The van der Waals surface area contributed by atoms with Gasteiger partial charge >= 0.3 is 6.18 Å². The Morgan fingerprint density at radius 2 is 1.78 bits per heavy atom. The number of anilines is 2. The highest BCUT2D eigenvalue weighted by Gasteiger charge is 2.51. The first-order valence-corrected chi connectivity index (χ1v) is 12.5. The van der Waals surface area contributed by atoms with Crippen LogP contribution in [0, 0.1) is 0 Å². The van der Waals surface area contributed by atoms with Crippen LogP contribution in [0.2, 0.25) is 0 Å².